The number of allylic oxidation sites excluding steroid dienone is 5. The van der Waals surface area contributed by atoms with Crippen LogP contribution in [0.3, 0.4) is 0 Å². The van der Waals surface area contributed by atoms with E-state index < -0.39 is 17.5 Å². The minimum Gasteiger partial charge on any atom is -0.455 e. The van der Waals surface area contributed by atoms with Crippen LogP contribution in [0, 0.1) is 0 Å². The zero-order chi connectivity index (χ0) is 28.7. The zero-order valence-corrected chi connectivity index (χ0v) is 23.9. The van der Waals surface area contributed by atoms with E-state index in [1.54, 1.807) is 53.3 Å². The van der Waals surface area contributed by atoms with Crippen molar-refractivity contribution < 1.29 is 14.3 Å². The van der Waals surface area contributed by atoms with Gasteiger partial charge < -0.3 is 15.0 Å². The summed E-state index contributed by atoms with van der Waals surface area (Å²) in [6.07, 6.45) is 10.1. The Labute approximate surface area is 230 Å². The summed E-state index contributed by atoms with van der Waals surface area (Å²) in [4.78, 5) is 33.7. The first kappa shape index (κ1) is 29.2. The standard InChI is InChI=1S/C30H38N6O3/c1-9-15-21(16-10-2)35-25(28(38)39-30(4,5)6)26(33-29(35)34(7)8)32-27(37)23-20-31-36(24(23)17-11-3)22-18-13-12-14-19-22/h9-10,12-16,18-20H,1,11,17H2,2-8H3,(H,32,37)/b16-10-,21-15+. The van der Waals surface area contributed by atoms with E-state index in [0.29, 0.717) is 23.6 Å². The van der Waals surface area contributed by atoms with Gasteiger partial charge in [0.2, 0.25) is 5.95 Å². The molecule has 0 bridgehead atoms. The Kier molecular flexibility index (Phi) is 9.29. The maximum absolute atomic E-state index is 13.7. The predicted molar refractivity (Wildman–Crippen MR) is 157 cm³/mol. The van der Waals surface area contributed by atoms with Gasteiger partial charge in [0.05, 0.1) is 23.1 Å². The van der Waals surface area contributed by atoms with Crippen molar-refractivity contribution in [3.05, 3.63) is 84.4 Å². The molecule has 0 fully saturated rings. The summed E-state index contributed by atoms with van der Waals surface area (Å²) >= 11 is 0. The smallest absolute Gasteiger partial charge is 0.359 e. The zero-order valence-electron chi connectivity index (χ0n) is 23.9. The van der Waals surface area contributed by atoms with Crippen LogP contribution in [0.4, 0.5) is 11.8 Å². The lowest BCUT2D eigenvalue weighted by molar-refractivity contribution is 0.00622. The second-order valence-corrected chi connectivity index (χ2v) is 10.1. The molecule has 0 saturated carbocycles. The number of hydrogen-bond donors (Lipinski definition) is 1. The number of carbonyl (C=O) groups is 2. The third kappa shape index (κ3) is 6.73. The fraction of sp³-hybridized carbons (Fsp3) is 0.333. The Bertz CT molecular complexity index is 1390. The van der Waals surface area contributed by atoms with Crippen LogP contribution in [0.2, 0.25) is 0 Å². The Morgan fingerprint density at radius 3 is 2.44 bits per heavy atom. The molecule has 0 aliphatic carbocycles. The molecular formula is C30H38N6O3. The number of ether oxygens (including phenoxy) is 1. The molecule has 1 aromatic carbocycles. The summed E-state index contributed by atoms with van der Waals surface area (Å²) in [5.41, 5.74) is 2.01. The number of nitrogens with zero attached hydrogens (tertiary/aromatic N) is 5. The summed E-state index contributed by atoms with van der Waals surface area (Å²) in [6, 6.07) is 9.66. The Morgan fingerprint density at radius 2 is 1.87 bits per heavy atom. The summed E-state index contributed by atoms with van der Waals surface area (Å²) in [5.74, 6) is -0.509. The highest BCUT2D eigenvalue weighted by Crippen LogP contribution is 2.30. The van der Waals surface area contributed by atoms with Crippen LogP contribution in [0.25, 0.3) is 11.4 Å². The topological polar surface area (TPSA) is 94.3 Å². The fourth-order valence-electron chi connectivity index (χ4n) is 4.06. The molecular weight excluding hydrogens is 492 g/mol. The van der Waals surface area contributed by atoms with Crippen LogP contribution < -0.4 is 10.2 Å². The molecule has 3 rings (SSSR count). The number of rotatable bonds is 10. The van der Waals surface area contributed by atoms with Gasteiger partial charge in [0.1, 0.15) is 5.60 Å². The lowest BCUT2D eigenvalue weighted by atomic mass is 10.1. The van der Waals surface area contributed by atoms with E-state index in [2.05, 4.69) is 22.0 Å². The summed E-state index contributed by atoms with van der Waals surface area (Å²) < 4.78 is 9.18. The molecule has 0 saturated heterocycles. The molecule has 0 atom stereocenters. The van der Waals surface area contributed by atoms with E-state index in [4.69, 9.17) is 4.74 Å². The maximum atomic E-state index is 13.7. The van der Waals surface area contributed by atoms with Crippen molar-refractivity contribution in [3.63, 3.8) is 0 Å². The van der Waals surface area contributed by atoms with Gasteiger partial charge in [0.15, 0.2) is 11.5 Å². The predicted octanol–water partition coefficient (Wildman–Crippen LogP) is 5.90. The molecule has 0 aliphatic heterocycles. The average Bonchev–Trinajstić information content (AvgIpc) is 3.46. The number of benzene rings is 1. The molecule has 0 radical (unpaired) electrons. The van der Waals surface area contributed by atoms with Gasteiger partial charge in [-0.15, -0.1) is 0 Å². The normalized spacial score (nSPS) is 12.0. The summed E-state index contributed by atoms with van der Waals surface area (Å²) in [5, 5.41) is 7.39. The number of carbonyl (C=O) groups excluding carboxylic acids is 2. The molecule has 0 unspecified atom stereocenters. The Morgan fingerprint density at radius 1 is 1.18 bits per heavy atom. The van der Waals surface area contributed by atoms with E-state index in [-0.39, 0.29) is 11.5 Å². The first-order valence-corrected chi connectivity index (χ1v) is 12.9. The monoisotopic (exact) mass is 530 g/mol. The van der Waals surface area contributed by atoms with Gasteiger partial charge >= 0.3 is 5.97 Å². The molecule has 2 aromatic heterocycles. The maximum Gasteiger partial charge on any atom is 0.359 e. The van der Waals surface area contributed by atoms with Crippen LogP contribution in [-0.4, -0.2) is 50.9 Å². The molecule has 3 aromatic rings. The minimum atomic E-state index is -0.764. The SMILES string of the molecule is C=C/C=C(\C=C/C)n1c(N(C)C)nc(NC(=O)c2cnn(-c3ccccc3)c2CCC)c1C(=O)OC(C)(C)C. The van der Waals surface area contributed by atoms with Gasteiger partial charge in [0.25, 0.3) is 5.91 Å². The first-order chi connectivity index (χ1) is 18.5. The second kappa shape index (κ2) is 12.4. The molecule has 1 N–H and O–H groups in total. The number of anilines is 2. The van der Waals surface area contributed by atoms with Crippen LogP contribution in [0.1, 0.15) is 67.6 Å². The van der Waals surface area contributed by atoms with Gasteiger partial charge in [-0.25, -0.2) is 9.48 Å². The number of aromatic nitrogens is 4. The van der Waals surface area contributed by atoms with Gasteiger partial charge in [-0.05, 0) is 58.4 Å². The largest absolute Gasteiger partial charge is 0.455 e. The van der Waals surface area contributed by atoms with Crippen LogP contribution in [0.15, 0.2) is 67.4 Å². The van der Waals surface area contributed by atoms with Gasteiger partial charge in [-0.1, -0.05) is 50.3 Å². The van der Waals surface area contributed by atoms with Crippen molar-refractivity contribution in [1.82, 2.24) is 19.3 Å². The number of amides is 1. The first-order valence-electron chi connectivity index (χ1n) is 12.9. The Hall–Kier alpha value is -4.40. The highest BCUT2D eigenvalue weighted by molar-refractivity contribution is 6.08. The van der Waals surface area contributed by atoms with Crippen molar-refractivity contribution in [3.8, 4) is 5.69 Å². The fourth-order valence-corrected chi connectivity index (χ4v) is 4.06. The molecule has 9 heteroatoms. The molecule has 0 spiro atoms. The third-order valence-corrected chi connectivity index (χ3v) is 5.57. The summed E-state index contributed by atoms with van der Waals surface area (Å²) in [7, 11) is 3.63. The highest BCUT2D eigenvalue weighted by atomic mass is 16.6. The molecule has 39 heavy (non-hydrogen) atoms. The van der Waals surface area contributed by atoms with E-state index in [1.807, 2.05) is 70.4 Å². The van der Waals surface area contributed by atoms with Crippen molar-refractivity contribution in [2.24, 2.45) is 0 Å². The number of para-hydroxylation sites is 1. The van der Waals surface area contributed by atoms with Crippen LogP contribution >= 0.6 is 0 Å². The van der Waals surface area contributed by atoms with Crippen LogP contribution in [-0.2, 0) is 11.2 Å². The third-order valence-electron chi connectivity index (χ3n) is 5.57. The second-order valence-electron chi connectivity index (χ2n) is 10.1. The minimum absolute atomic E-state index is 0.0901. The number of hydrogen-bond acceptors (Lipinski definition) is 6. The molecule has 2 heterocycles. The summed E-state index contributed by atoms with van der Waals surface area (Å²) in [6.45, 7) is 13.1. The van der Waals surface area contributed by atoms with Crippen molar-refractivity contribution >= 4 is 29.3 Å². The van der Waals surface area contributed by atoms with Gasteiger partial charge in [0, 0.05) is 19.8 Å². The van der Waals surface area contributed by atoms with Gasteiger partial charge in [-0.2, -0.15) is 10.1 Å². The molecule has 206 valence electrons. The Balaban J connectivity index is 2.18. The van der Waals surface area contributed by atoms with E-state index in [0.717, 1.165) is 17.8 Å². The molecule has 0 aliphatic rings. The number of nitrogens with one attached hydrogen (secondary N) is 1. The average molecular weight is 531 g/mol. The quantitative estimate of drug-likeness (QED) is 0.259. The molecule has 1 amide bonds. The van der Waals surface area contributed by atoms with E-state index in [9.17, 15) is 9.59 Å². The van der Waals surface area contributed by atoms with Crippen molar-refractivity contribution in [1.29, 1.82) is 0 Å². The van der Waals surface area contributed by atoms with Crippen LogP contribution in [0.5, 0.6) is 0 Å². The lowest BCUT2D eigenvalue weighted by Gasteiger charge is -2.21. The van der Waals surface area contributed by atoms with Crippen molar-refractivity contribution in [2.75, 3.05) is 24.3 Å². The lowest BCUT2D eigenvalue weighted by Crippen LogP contribution is -2.27. The highest BCUT2D eigenvalue weighted by Gasteiger charge is 2.31. The number of imidazole rings is 1. The number of esters is 1. The van der Waals surface area contributed by atoms with Gasteiger partial charge in [-0.3, -0.25) is 9.36 Å². The van der Waals surface area contributed by atoms with E-state index >= 15 is 0 Å². The van der Waals surface area contributed by atoms with Crippen molar-refractivity contribution in [2.45, 2.75) is 53.1 Å². The molecule has 9 nitrogen and oxygen atoms in total. The van der Waals surface area contributed by atoms with E-state index in [1.165, 1.54) is 0 Å².